The molecule has 0 saturated heterocycles. The number of aromatic nitrogens is 3. The SMILES string of the molecule is CCCOc1ccc(OCC(=O)Nc2cc(C(C)(C)C)nn2-c2ccccn2)cc1. The number of benzene rings is 1. The first-order valence-electron chi connectivity index (χ1n) is 10.0. The molecule has 1 N–H and O–H groups in total. The van der Waals surface area contributed by atoms with Gasteiger partial charge in [0.1, 0.15) is 17.3 Å². The lowest BCUT2D eigenvalue weighted by atomic mass is 9.92. The average molecular weight is 409 g/mol. The molecule has 7 heteroatoms. The van der Waals surface area contributed by atoms with E-state index in [0.29, 0.717) is 24.0 Å². The molecule has 0 bridgehead atoms. The van der Waals surface area contributed by atoms with Crippen LogP contribution in [0.4, 0.5) is 5.82 Å². The number of carbonyl (C=O) groups excluding carboxylic acids is 1. The van der Waals surface area contributed by atoms with Crippen LogP contribution < -0.4 is 14.8 Å². The highest BCUT2D eigenvalue weighted by molar-refractivity contribution is 5.91. The lowest BCUT2D eigenvalue weighted by Crippen LogP contribution is -2.22. The fourth-order valence-corrected chi connectivity index (χ4v) is 2.67. The normalized spacial score (nSPS) is 11.2. The summed E-state index contributed by atoms with van der Waals surface area (Å²) in [5.41, 5.74) is 0.685. The number of ether oxygens (including phenoxy) is 2. The van der Waals surface area contributed by atoms with E-state index in [-0.39, 0.29) is 17.9 Å². The summed E-state index contributed by atoms with van der Waals surface area (Å²) in [7, 11) is 0. The summed E-state index contributed by atoms with van der Waals surface area (Å²) in [5, 5.41) is 7.52. The third-order valence-electron chi connectivity index (χ3n) is 4.28. The molecule has 0 atom stereocenters. The molecular formula is C23H28N4O3. The zero-order chi connectivity index (χ0) is 21.6. The highest BCUT2D eigenvalue weighted by atomic mass is 16.5. The summed E-state index contributed by atoms with van der Waals surface area (Å²) in [4.78, 5) is 16.9. The van der Waals surface area contributed by atoms with Crippen LogP contribution in [0.1, 0.15) is 39.8 Å². The maximum absolute atomic E-state index is 12.5. The molecule has 0 unspecified atom stereocenters. The van der Waals surface area contributed by atoms with E-state index in [1.165, 1.54) is 0 Å². The number of pyridine rings is 1. The molecule has 1 amide bonds. The summed E-state index contributed by atoms with van der Waals surface area (Å²) in [6.07, 6.45) is 2.64. The van der Waals surface area contributed by atoms with Gasteiger partial charge in [-0.3, -0.25) is 4.79 Å². The van der Waals surface area contributed by atoms with Gasteiger partial charge in [0.15, 0.2) is 12.4 Å². The summed E-state index contributed by atoms with van der Waals surface area (Å²) >= 11 is 0. The number of carbonyl (C=O) groups is 1. The Kier molecular flexibility index (Phi) is 6.72. The molecule has 3 rings (SSSR count). The molecule has 2 heterocycles. The molecule has 3 aromatic rings. The van der Waals surface area contributed by atoms with Gasteiger partial charge in [-0.2, -0.15) is 9.78 Å². The topological polar surface area (TPSA) is 78.3 Å². The van der Waals surface area contributed by atoms with Crippen LogP contribution in [0.25, 0.3) is 5.82 Å². The van der Waals surface area contributed by atoms with Crippen LogP contribution in [-0.2, 0) is 10.2 Å². The Morgan fingerprint density at radius 1 is 1.07 bits per heavy atom. The lowest BCUT2D eigenvalue weighted by molar-refractivity contribution is -0.118. The number of anilines is 1. The largest absolute Gasteiger partial charge is 0.494 e. The summed E-state index contributed by atoms with van der Waals surface area (Å²) in [6.45, 7) is 8.82. The van der Waals surface area contributed by atoms with Gasteiger partial charge in [0.2, 0.25) is 0 Å². The Balaban J connectivity index is 1.68. The van der Waals surface area contributed by atoms with Crippen molar-refractivity contribution in [2.75, 3.05) is 18.5 Å². The third kappa shape index (κ3) is 5.59. The van der Waals surface area contributed by atoms with Crippen molar-refractivity contribution >= 4 is 11.7 Å². The molecule has 0 saturated carbocycles. The quantitative estimate of drug-likeness (QED) is 0.599. The predicted octanol–water partition coefficient (Wildman–Crippen LogP) is 4.37. The van der Waals surface area contributed by atoms with Crippen LogP contribution in [-0.4, -0.2) is 33.9 Å². The number of nitrogens with zero attached hydrogens (tertiary/aromatic N) is 3. The van der Waals surface area contributed by atoms with E-state index in [0.717, 1.165) is 17.9 Å². The minimum Gasteiger partial charge on any atom is -0.494 e. The molecule has 0 aliphatic rings. The van der Waals surface area contributed by atoms with E-state index in [1.54, 1.807) is 23.0 Å². The molecule has 0 aliphatic carbocycles. The van der Waals surface area contributed by atoms with E-state index in [9.17, 15) is 4.79 Å². The van der Waals surface area contributed by atoms with E-state index in [1.807, 2.05) is 36.4 Å². The van der Waals surface area contributed by atoms with Gasteiger partial charge in [-0.05, 0) is 42.8 Å². The van der Waals surface area contributed by atoms with Crippen LogP contribution in [0.2, 0.25) is 0 Å². The number of amides is 1. The number of hydrogen-bond acceptors (Lipinski definition) is 5. The second kappa shape index (κ2) is 9.43. The van der Waals surface area contributed by atoms with Crippen molar-refractivity contribution in [3.63, 3.8) is 0 Å². The average Bonchev–Trinajstić information content (AvgIpc) is 3.16. The molecule has 30 heavy (non-hydrogen) atoms. The fraction of sp³-hybridized carbons (Fsp3) is 0.348. The Morgan fingerprint density at radius 3 is 2.37 bits per heavy atom. The minimum atomic E-state index is -0.279. The van der Waals surface area contributed by atoms with Crippen LogP contribution in [0.3, 0.4) is 0 Å². The van der Waals surface area contributed by atoms with Crippen molar-refractivity contribution in [3.05, 3.63) is 60.4 Å². The van der Waals surface area contributed by atoms with E-state index in [4.69, 9.17) is 9.47 Å². The van der Waals surface area contributed by atoms with Gasteiger partial charge in [-0.15, -0.1) is 0 Å². The first-order chi connectivity index (χ1) is 14.4. The van der Waals surface area contributed by atoms with Crippen LogP contribution in [0.15, 0.2) is 54.7 Å². The van der Waals surface area contributed by atoms with Gasteiger partial charge in [-0.1, -0.05) is 33.8 Å². The molecule has 2 aromatic heterocycles. The lowest BCUT2D eigenvalue weighted by Gasteiger charge is -2.13. The van der Waals surface area contributed by atoms with Crippen molar-refractivity contribution < 1.29 is 14.3 Å². The molecular weight excluding hydrogens is 380 g/mol. The van der Waals surface area contributed by atoms with Gasteiger partial charge in [0, 0.05) is 17.7 Å². The van der Waals surface area contributed by atoms with Gasteiger partial charge in [-0.25, -0.2) is 4.98 Å². The standard InChI is InChI=1S/C23H28N4O3/c1-5-14-29-17-9-11-18(12-10-17)30-16-22(28)25-21-15-19(23(2,3)4)26-27(21)20-8-6-7-13-24-20/h6-13,15H,5,14,16H2,1-4H3,(H,25,28). The van der Waals surface area contributed by atoms with Crippen molar-refractivity contribution in [2.45, 2.75) is 39.5 Å². The molecule has 0 fully saturated rings. The van der Waals surface area contributed by atoms with E-state index < -0.39 is 0 Å². The van der Waals surface area contributed by atoms with Gasteiger partial charge < -0.3 is 14.8 Å². The van der Waals surface area contributed by atoms with Crippen molar-refractivity contribution in [1.29, 1.82) is 0 Å². The summed E-state index contributed by atoms with van der Waals surface area (Å²) in [6, 6.07) is 14.7. The maximum Gasteiger partial charge on any atom is 0.263 e. The molecule has 158 valence electrons. The summed E-state index contributed by atoms with van der Waals surface area (Å²) in [5.74, 6) is 2.28. The number of hydrogen-bond donors (Lipinski definition) is 1. The summed E-state index contributed by atoms with van der Waals surface area (Å²) < 4.78 is 12.8. The molecule has 0 aliphatic heterocycles. The predicted molar refractivity (Wildman–Crippen MR) is 116 cm³/mol. The van der Waals surface area contributed by atoms with Crippen molar-refractivity contribution in [2.24, 2.45) is 0 Å². The fourth-order valence-electron chi connectivity index (χ4n) is 2.67. The van der Waals surface area contributed by atoms with Gasteiger partial charge in [0.05, 0.1) is 12.3 Å². The Bertz CT molecular complexity index is 960. The number of rotatable bonds is 8. The first kappa shape index (κ1) is 21.4. The van der Waals surface area contributed by atoms with Crippen LogP contribution in [0, 0.1) is 0 Å². The van der Waals surface area contributed by atoms with E-state index >= 15 is 0 Å². The zero-order valence-corrected chi connectivity index (χ0v) is 17.9. The van der Waals surface area contributed by atoms with Gasteiger partial charge >= 0.3 is 0 Å². The second-order valence-electron chi connectivity index (χ2n) is 7.92. The minimum absolute atomic E-state index is 0.118. The monoisotopic (exact) mass is 408 g/mol. The van der Waals surface area contributed by atoms with Crippen molar-refractivity contribution in [1.82, 2.24) is 14.8 Å². The first-order valence-corrected chi connectivity index (χ1v) is 10.0. The number of nitrogens with one attached hydrogen (secondary N) is 1. The van der Waals surface area contributed by atoms with Gasteiger partial charge in [0.25, 0.3) is 5.91 Å². The zero-order valence-electron chi connectivity index (χ0n) is 17.9. The maximum atomic E-state index is 12.5. The van der Waals surface area contributed by atoms with Crippen molar-refractivity contribution in [3.8, 4) is 17.3 Å². The molecule has 1 aromatic carbocycles. The molecule has 7 nitrogen and oxygen atoms in total. The van der Waals surface area contributed by atoms with E-state index in [2.05, 4.69) is 43.1 Å². The smallest absolute Gasteiger partial charge is 0.263 e. The highest BCUT2D eigenvalue weighted by Crippen LogP contribution is 2.26. The Labute approximate surface area is 177 Å². The Morgan fingerprint density at radius 2 is 1.77 bits per heavy atom. The molecule has 0 spiro atoms. The highest BCUT2D eigenvalue weighted by Gasteiger charge is 2.22. The Hall–Kier alpha value is -3.35. The second-order valence-corrected chi connectivity index (χ2v) is 7.92. The molecule has 0 radical (unpaired) electrons. The third-order valence-corrected chi connectivity index (χ3v) is 4.28. The van der Waals surface area contributed by atoms with Crippen LogP contribution in [0.5, 0.6) is 11.5 Å². The van der Waals surface area contributed by atoms with Crippen LogP contribution >= 0.6 is 0 Å².